The summed E-state index contributed by atoms with van der Waals surface area (Å²) in [4.78, 5) is 38.0. The Bertz CT molecular complexity index is 802. The van der Waals surface area contributed by atoms with Crippen molar-refractivity contribution in [3.63, 3.8) is 0 Å². The molecule has 0 bridgehead atoms. The molecule has 51 heavy (non-hydrogen) atoms. The first kappa shape index (κ1) is 62.7. The number of hydrogen-bond acceptors (Lipinski definition) is 17. The van der Waals surface area contributed by atoms with Crippen molar-refractivity contribution in [3.05, 3.63) is 5.85 Å². The molecule has 0 rings (SSSR count). The molecule has 0 aliphatic carbocycles. The van der Waals surface area contributed by atoms with Crippen molar-refractivity contribution in [2.45, 2.75) is 96.4 Å². The Morgan fingerprint density at radius 1 is 0.824 bits per heavy atom. The largest absolute Gasteiger partial charge is 1.00 e. The van der Waals surface area contributed by atoms with Crippen molar-refractivity contribution < 1.29 is 132 Å². The van der Waals surface area contributed by atoms with Gasteiger partial charge in [0.25, 0.3) is 8.25 Å². The van der Waals surface area contributed by atoms with Gasteiger partial charge in [-0.1, -0.05) is 24.8 Å². The summed E-state index contributed by atoms with van der Waals surface area (Å²) in [5, 5.41) is 47.5. The maximum Gasteiger partial charge on any atom is 1.00 e. The first-order chi connectivity index (χ1) is 22.9. The van der Waals surface area contributed by atoms with Crippen LogP contribution < -0.4 is 73.8 Å². The predicted molar refractivity (Wildman–Crippen MR) is 187 cm³/mol. The van der Waals surface area contributed by atoms with E-state index in [1.165, 1.54) is 12.2 Å². The van der Waals surface area contributed by atoms with Gasteiger partial charge >= 0.3 is 59.1 Å². The minimum absolute atomic E-state index is 0. The van der Waals surface area contributed by atoms with Crippen LogP contribution in [0.3, 0.4) is 0 Å². The smallest absolute Gasteiger partial charge is 0.801 e. The van der Waals surface area contributed by atoms with Crippen LogP contribution in [-0.4, -0.2) is 155 Å². The minimum atomic E-state index is -4.78. The minimum Gasteiger partial charge on any atom is -0.801 e. The average molecular weight is 837 g/mol. The zero-order chi connectivity index (χ0) is 38.3. The Kier molecular flexibility index (Phi) is 51.7. The van der Waals surface area contributed by atoms with Gasteiger partial charge in [0.1, 0.15) is 0 Å². The molecule has 0 aliphatic rings. The van der Waals surface area contributed by atoms with E-state index in [9.17, 15) is 29.9 Å². The normalized spacial score (nSPS) is 15.8. The van der Waals surface area contributed by atoms with E-state index in [2.05, 4.69) is 6.26 Å². The molecular formula is C29H62NNa2O15P2S2-. The third-order valence-corrected chi connectivity index (χ3v) is 8.92. The molecule has 0 aromatic heterocycles. The maximum absolute atomic E-state index is 10.7. The number of aliphatic hydroxyl groups is 5. The van der Waals surface area contributed by atoms with Gasteiger partial charge in [0.15, 0.2) is 0 Å². The number of thioether (sulfide) groups is 2. The Balaban J connectivity index is -0.000000245. The number of aliphatic hydroxyl groups excluding tert-OH is 5. The van der Waals surface area contributed by atoms with Gasteiger partial charge in [-0.2, -0.15) is 23.5 Å². The second kappa shape index (κ2) is 42.1. The summed E-state index contributed by atoms with van der Waals surface area (Å²) in [5.74, 6) is 2.06. The molecule has 7 unspecified atom stereocenters. The second-order valence-electron chi connectivity index (χ2n) is 11.2. The number of rotatable bonds is 29. The van der Waals surface area contributed by atoms with Crippen LogP contribution in [0.5, 0.6) is 0 Å². The van der Waals surface area contributed by atoms with Crippen molar-refractivity contribution in [1.29, 1.82) is 0 Å². The topological polar surface area (TPSA) is 265 Å². The zero-order valence-corrected chi connectivity index (χ0v) is 39.2. The summed E-state index contributed by atoms with van der Waals surface area (Å²) in [7, 11) is -6.40. The maximum atomic E-state index is 10.7. The number of likely N-dealkylation sites (N-methyl/N-ethyl adjacent to an activating group) is 1. The summed E-state index contributed by atoms with van der Waals surface area (Å²) in [6.07, 6.45) is 2.49. The van der Waals surface area contributed by atoms with E-state index in [4.69, 9.17) is 43.3 Å². The fourth-order valence-corrected chi connectivity index (χ4v) is 5.29. The molecule has 0 radical (unpaired) electrons. The first-order valence-corrected chi connectivity index (χ1v) is 21.4. The van der Waals surface area contributed by atoms with Crippen LogP contribution in [0.2, 0.25) is 0 Å². The van der Waals surface area contributed by atoms with Gasteiger partial charge in [-0.3, -0.25) is 0 Å². The number of hydrogen-bond donors (Lipinski definition) is 6. The van der Waals surface area contributed by atoms with Crippen LogP contribution in [-0.2, 0) is 28.1 Å². The first-order valence-electron chi connectivity index (χ1n) is 16.2. The summed E-state index contributed by atoms with van der Waals surface area (Å²) in [6.45, 7) is 10.1. The molecule has 0 aromatic rings. The van der Waals surface area contributed by atoms with Gasteiger partial charge in [-0.25, -0.2) is 0 Å². The molecule has 0 heterocycles. The van der Waals surface area contributed by atoms with Gasteiger partial charge in [-0.15, -0.1) is 12.3 Å². The molecule has 16 nitrogen and oxygen atoms in total. The molecule has 0 spiro atoms. The van der Waals surface area contributed by atoms with Gasteiger partial charge in [0, 0.05) is 19.9 Å². The van der Waals surface area contributed by atoms with E-state index in [1.54, 1.807) is 23.7 Å². The fourth-order valence-electron chi connectivity index (χ4n) is 3.35. The molecule has 0 saturated carbocycles. The Hall–Kier alpha value is 2.47. The van der Waals surface area contributed by atoms with Crippen LogP contribution in [0, 0.1) is 5.85 Å². The zero-order valence-electron chi connectivity index (χ0n) is 31.8. The third kappa shape index (κ3) is 50.5. The van der Waals surface area contributed by atoms with Gasteiger partial charge in [-0.05, 0) is 64.5 Å². The van der Waals surface area contributed by atoms with E-state index >= 15 is 0 Å². The molecule has 6 N–H and O–H groups in total. The molecule has 0 aromatic carbocycles. The summed E-state index contributed by atoms with van der Waals surface area (Å²) in [6, 6.07) is 0. The fraction of sp³-hybridized carbons (Fsp3) is 0.966. The monoisotopic (exact) mass is 836 g/mol. The van der Waals surface area contributed by atoms with Gasteiger partial charge in [0.05, 0.1) is 76.3 Å². The van der Waals surface area contributed by atoms with E-state index in [0.29, 0.717) is 58.8 Å². The summed E-state index contributed by atoms with van der Waals surface area (Å²) >= 11 is 3.62. The van der Waals surface area contributed by atoms with Crippen LogP contribution in [0.25, 0.3) is 0 Å². The molecule has 298 valence electrons. The summed E-state index contributed by atoms with van der Waals surface area (Å²) in [5.41, 5.74) is 0. The molecule has 0 fully saturated rings. The molecule has 0 aliphatic heterocycles. The Morgan fingerprint density at radius 3 is 1.69 bits per heavy atom. The Morgan fingerprint density at radius 2 is 1.27 bits per heavy atom. The van der Waals surface area contributed by atoms with Crippen LogP contribution in [0.15, 0.2) is 0 Å². The third-order valence-electron chi connectivity index (χ3n) is 6.15. The van der Waals surface area contributed by atoms with Crippen molar-refractivity contribution in [2.24, 2.45) is 0 Å². The molecular weight excluding hydrogens is 774 g/mol. The van der Waals surface area contributed by atoms with Crippen LogP contribution >= 0.6 is 39.4 Å². The van der Waals surface area contributed by atoms with Crippen molar-refractivity contribution >= 4 is 39.4 Å². The quantitative estimate of drug-likeness (QED) is 0.0177. The van der Waals surface area contributed by atoms with E-state index in [1.807, 2.05) is 39.5 Å². The van der Waals surface area contributed by atoms with E-state index in [0.717, 1.165) is 11.5 Å². The van der Waals surface area contributed by atoms with E-state index < -0.39 is 46.1 Å². The van der Waals surface area contributed by atoms with Crippen molar-refractivity contribution in [2.75, 3.05) is 83.3 Å². The SMILES string of the molecule is CCC(O)COCC(C)OCC(O)CN(C)CCC[C-](O)P(=O)([O-])O.CCC(O)COCC(C)OCC(O)CSCCCSC.O=[P+]([O-])[O-].[Na+].[Na+]. The molecule has 22 heteroatoms. The number of ether oxygens (including phenoxy) is 4. The van der Waals surface area contributed by atoms with Gasteiger partial charge in [0.2, 0.25) is 0 Å². The van der Waals surface area contributed by atoms with E-state index in [-0.39, 0.29) is 91.0 Å². The molecule has 0 amide bonds. The molecule has 7 atom stereocenters. The summed E-state index contributed by atoms with van der Waals surface area (Å²) < 4.78 is 40.8. The van der Waals surface area contributed by atoms with Crippen LogP contribution in [0.4, 0.5) is 0 Å². The van der Waals surface area contributed by atoms with Crippen molar-refractivity contribution in [3.8, 4) is 0 Å². The number of nitrogens with zero attached hydrogens (tertiary/aromatic N) is 1. The standard InChI is InChI=1S/C15H33NO8P.C14H30O4S2.2Na.HO3P/c1-4-13(17)10-23-9-12(2)24-11-14(18)8-16(3)7-5-6-15(19)25(20,21)22;1-4-13(15)9-17-8-12(2)18-10-14(16)11-20-7-5-6-19-3;;;1-4(2)3/h12-14,17-19H,4-11H2,1-3H3,(H2,20,21,22);12-16H,4-11H2,1-3H3;;;(H,1,2,3)/q-1;;2*+1;/p-2. The Labute approximate surface area is 359 Å². The predicted octanol–water partition coefficient (Wildman–Crippen LogP) is -5.94. The second-order valence-corrected chi connectivity index (χ2v) is 15.4. The average Bonchev–Trinajstić information content (AvgIpc) is 3.02. The molecule has 0 saturated heterocycles. The van der Waals surface area contributed by atoms with Crippen molar-refractivity contribution in [1.82, 2.24) is 4.90 Å². The van der Waals surface area contributed by atoms with Gasteiger partial charge < -0.3 is 73.5 Å². The van der Waals surface area contributed by atoms with Crippen LogP contribution in [0.1, 0.15) is 59.8 Å².